The van der Waals surface area contributed by atoms with E-state index in [4.69, 9.17) is 4.74 Å². The molecule has 1 aliphatic rings. The van der Waals surface area contributed by atoms with Gasteiger partial charge in [-0.3, -0.25) is 0 Å². The molecule has 0 aliphatic carbocycles. The van der Waals surface area contributed by atoms with Crippen LogP contribution < -0.4 is 0 Å². The van der Waals surface area contributed by atoms with E-state index in [-0.39, 0.29) is 11.4 Å². The normalized spacial score (nSPS) is 22.9. The van der Waals surface area contributed by atoms with E-state index in [1.807, 2.05) is 26.8 Å². The van der Waals surface area contributed by atoms with Crippen LogP contribution in [0.4, 0.5) is 4.39 Å². The topological polar surface area (TPSA) is 9.23 Å². The number of benzene rings is 1. The van der Waals surface area contributed by atoms with Crippen LogP contribution in [0.1, 0.15) is 50.7 Å². The fourth-order valence-electron chi connectivity index (χ4n) is 2.10. The summed E-state index contributed by atoms with van der Waals surface area (Å²) in [4.78, 5) is 0. The van der Waals surface area contributed by atoms with Gasteiger partial charge in [-0.2, -0.15) is 0 Å². The van der Waals surface area contributed by atoms with Crippen LogP contribution in [0.25, 0.3) is 0 Å². The first-order valence-corrected chi connectivity index (χ1v) is 6.46. The van der Waals surface area contributed by atoms with E-state index in [9.17, 15) is 4.39 Å². The van der Waals surface area contributed by atoms with Crippen LogP contribution in [0.2, 0.25) is 0 Å². The summed E-state index contributed by atoms with van der Waals surface area (Å²) in [6.07, 6.45) is 2.00. The summed E-state index contributed by atoms with van der Waals surface area (Å²) >= 11 is 0. The van der Waals surface area contributed by atoms with Gasteiger partial charge in [0.25, 0.3) is 0 Å². The van der Waals surface area contributed by atoms with E-state index < -0.39 is 0 Å². The molecule has 2 rings (SSSR count). The van der Waals surface area contributed by atoms with Crippen molar-refractivity contribution in [1.29, 1.82) is 0 Å². The summed E-state index contributed by atoms with van der Waals surface area (Å²) in [5.41, 5.74) is 1.36. The number of ether oxygens (including phenoxy) is 1. The molecular formula is C16H19FO. The zero-order valence-electron chi connectivity index (χ0n) is 11.2. The van der Waals surface area contributed by atoms with Crippen molar-refractivity contribution >= 4 is 0 Å². The third-order valence-electron chi connectivity index (χ3n) is 3.28. The molecule has 0 spiro atoms. The third-order valence-corrected chi connectivity index (χ3v) is 3.28. The fraction of sp³-hybridized carbons (Fsp3) is 0.500. The van der Waals surface area contributed by atoms with Gasteiger partial charge in [0.1, 0.15) is 11.4 Å². The van der Waals surface area contributed by atoms with Gasteiger partial charge in [0.05, 0.1) is 0 Å². The Morgan fingerprint density at radius 2 is 2.11 bits per heavy atom. The lowest BCUT2D eigenvalue weighted by atomic mass is 9.99. The molecule has 1 aromatic rings. The van der Waals surface area contributed by atoms with Gasteiger partial charge < -0.3 is 4.74 Å². The Labute approximate surface area is 108 Å². The van der Waals surface area contributed by atoms with Gasteiger partial charge in [0.2, 0.25) is 0 Å². The summed E-state index contributed by atoms with van der Waals surface area (Å²) in [5.74, 6) is 6.26. The average Bonchev–Trinajstić information content (AvgIpc) is 2.73. The van der Waals surface area contributed by atoms with Gasteiger partial charge >= 0.3 is 0 Å². The van der Waals surface area contributed by atoms with Crippen molar-refractivity contribution in [2.24, 2.45) is 0 Å². The van der Waals surface area contributed by atoms with Crippen LogP contribution in [-0.2, 0) is 4.74 Å². The van der Waals surface area contributed by atoms with Gasteiger partial charge in [-0.1, -0.05) is 25.7 Å². The lowest BCUT2D eigenvalue weighted by Gasteiger charge is -2.14. The van der Waals surface area contributed by atoms with Gasteiger partial charge in [-0.25, -0.2) is 4.39 Å². The maximum absolute atomic E-state index is 13.5. The fourth-order valence-corrected chi connectivity index (χ4v) is 2.10. The first-order chi connectivity index (χ1) is 8.48. The molecular weight excluding hydrogens is 227 g/mol. The Hall–Kier alpha value is -1.33. The van der Waals surface area contributed by atoms with Crippen molar-refractivity contribution in [2.75, 3.05) is 6.61 Å². The molecule has 1 saturated heterocycles. The highest BCUT2D eigenvalue weighted by Crippen LogP contribution is 2.24. The molecule has 1 fully saturated rings. The van der Waals surface area contributed by atoms with Crippen molar-refractivity contribution in [1.82, 2.24) is 0 Å². The molecule has 1 heterocycles. The lowest BCUT2D eigenvalue weighted by Crippen LogP contribution is -2.19. The molecule has 1 aromatic carbocycles. The summed E-state index contributed by atoms with van der Waals surface area (Å²) in [6, 6.07) is 5.01. The van der Waals surface area contributed by atoms with Crippen molar-refractivity contribution in [3.8, 4) is 11.8 Å². The molecule has 0 amide bonds. The summed E-state index contributed by atoms with van der Waals surface area (Å²) < 4.78 is 19.1. The number of rotatable bonds is 1. The molecule has 0 bridgehead atoms. The first-order valence-electron chi connectivity index (χ1n) is 6.46. The zero-order valence-corrected chi connectivity index (χ0v) is 11.2. The third kappa shape index (κ3) is 3.11. The maximum Gasteiger partial charge on any atom is 0.126 e. The second-order valence-electron chi connectivity index (χ2n) is 5.36. The quantitative estimate of drug-likeness (QED) is 0.683. The Bertz CT molecular complexity index is 488. The molecule has 2 heteroatoms. The van der Waals surface area contributed by atoms with E-state index in [0.717, 1.165) is 30.6 Å². The first kappa shape index (κ1) is 13.1. The molecule has 0 saturated carbocycles. The van der Waals surface area contributed by atoms with Gasteiger partial charge in [0.15, 0.2) is 0 Å². The van der Waals surface area contributed by atoms with Gasteiger partial charge in [-0.15, -0.1) is 0 Å². The van der Waals surface area contributed by atoms with E-state index >= 15 is 0 Å². The highest BCUT2D eigenvalue weighted by atomic mass is 19.1. The van der Waals surface area contributed by atoms with E-state index in [1.54, 1.807) is 6.07 Å². The van der Waals surface area contributed by atoms with E-state index in [0.29, 0.717) is 5.92 Å². The van der Waals surface area contributed by atoms with Crippen LogP contribution in [0, 0.1) is 17.7 Å². The van der Waals surface area contributed by atoms with Crippen molar-refractivity contribution < 1.29 is 9.13 Å². The Morgan fingerprint density at radius 3 is 2.72 bits per heavy atom. The molecule has 0 N–H and O–H groups in total. The van der Waals surface area contributed by atoms with Crippen LogP contribution >= 0.6 is 0 Å². The molecule has 18 heavy (non-hydrogen) atoms. The second-order valence-corrected chi connectivity index (χ2v) is 5.36. The van der Waals surface area contributed by atoms with Crippen molar-refractivity contribution in [2.45, 2.75) is 45.1 Å². The minimum Gasteiger partial charge on any atom is -0.363 e. The predicted octanol–water partition coefficient (Wildman–Crippen LogP) is 3.87. The summed E-state index contributed by atoms with van der Waals surface area (Å²) in [5, 5.41) is 0. The van der Waals surface area contributed by atoms with Crippen LogP contribution in [-0.4, -0.2) is 12.2 Å². The smallest absolute Gasteiger partial charge is 0.126 e. The molecule has 96 valence electrons. The SMILES string of the molecule is CC(C)c1cc(F)cc(C#CC2(C)CCCO2)c1. The van der Waals surface area contributed by atoms with Crippen molar-refractivity contribution in [3.63, 3.8) is 0 Å². The molecule has 1 nitrogen and oxygen atoms in total. The number of hydrogen-bond donors (Lipinski definition) is 0. The monoisotopic (exact) mass is 246 g/mol. The highest BCUT2D eigenvalue weighted by Gasteiger charge is 2.27. The van der Waals surface area contributed by atoms with Crippen molar-refractivity contribution in [3.05, 3.63) is 35.1 Å². The summed E-state index contributed by atoms with van der Waals surface area (Å²) in [7, 11) is 0. The minimum absolute atomic E-state index is 0.219. The molecule has 1 aliphatic heterocycles. The molecule has 0 aromatic heterocycles. The van der Waals surface area contributed by atoms with Crippen LogP contribution in [0.3, 0.4) is 0 Å². The van der Waals surface area contributed by atoms with Crippen LogP contribution in [0.15, 0.2) is 18.2 Å². The highest BCUT2D eigenvalue weighted by molar-refractivity contribution is 5.40. The van der Waals surface area contributed by atoms with Crippen LogP contribution in [0.5, 0.6) is 0 Å². The Kier molecular flexibility index (Phi) is 3.73. The van der Waals surface area contributed by atoms with E-state index in [1.165, 1.54) is 6.07 Å². The number of hydrogen-bond acceptors (Lipinski definition) is 1. The zero-order chi connectivity index (χ0) is 13.2. The number of halogens is 1. The van der Waals surface area contributed by atoms with Gasteiger partial charge in [-0.05, 0) is 49.4 Å². The molecule has 1 unspecified atom stereocenters. The van der Waals surface area contributed by atoms with E-state index in [2.05, 4.69) is 11.8 Å². The minimum atomic E-state index is -0.357. The Morgan fingerprint density at radius 1 is 1.33 bits per heavy atom. The Balaban J connectivity index is 2.26. The predicted molar refractivity (Wildman–Crippen MR) is 71.0 cm³/mol. The average molecular weight is 246 g/mol. The lowest BCUT2D eigenvalue weighted by molar-refractivity contribution is 0.0695. The van der Waals surface area contributed by atoms with Gasteiger partial charge in [0, 0.05) is 12.2 Å². The molecule has 0 radical (unpaired) electrons. The summed E-state index contributed by atoms with van der Waals surface area (Å²) in [6.45, 7) is 6.86. The molecule has 1 atom stereocenters. The second kappa shape index (κ2) is 5.12. The maximum atomic E-state index is 13.5. The largest absolute Gasteiger partial charge is 0.363 e. The standard InChI is InChI=1S/C16H19FO/c1-12(2)14-9-13(10-15(17)11-14)5-7-16(3)6-4-8-18-16/h9-12H,4,6,8H2,1-3H3.